The van der Waals surface area contributed by atoms with Crippen LogP contribution in [0.2, 0.25) is 0 Å². The highest BCUT2D eigenvalue weighted by Crippen LogP contribution is 2.37. The van der Waals surface area contributed by atoms with Crippen molar-refractivity contribution in [1.82, 2.24) is 4.90 Å². The number of hydrogen-bond acceptors (Lipinski definition) is 5. The maximum Gasteiger partial charge on any atom is 0.124 e. The lowest BCUT2D eigenvalue weighted by molar-refractivity contribution is -0.0474. The summed E-state index contributed by atoms with van der Waals surface area (Å²) < 4.78 is 10.6. The normalized spacial score (nSPS) is 22.0. The molecule has 5 nitrogen and oxygen atoms in total. The second-order valence-electron chi connectivity index (χ2n) is 6.86. The molecule has 2 atom stereocenters. The molecular formula is C21H27NO4. The number of hydrogen-bond donors (Lipinski definition) is 2. The number of likely N-dealkylation sites (tertiary alicyclic amines) is 1. The fraction of sp³-hybridized carbons (Fsp3) is 0.429. The number of piperidine rings is 1. The van der Waals surface area contributed by atoms with Crippen molar-refractivity contribution in [3.05, 3.63) is 59.7 Å². The Bertz CT molecular complexity index is 718. The number of aliphatic hydroxyl groups is 2. The van der Waals surface area contributed by atoms with Crippen LogP contribution in [0.1, 0.15) is 30.1 Å². The van der Waals surface area contributed by atoms with Gasteiger partial charge < -0.3 is 19.7 Å². The van der Waals surface area contributed by atoms with Crippen LogP contribution >= 0.6 is 0 Å². The maximum absolute atomic E-state index is 11.3. The lowest BCUT2D eigenvalue weighted by atomic mass is 9.85. The fourth-order valence-electron chi connectivity index (χ4n) is 3.70. The number of methoxy groups -OCH3 is 2. The highest BCUT2D eigenvalue weighted by atomic mass is 16.5. The SMILES string of the molecule is COc1ccc([C@@H](O)CN2CCC[C@](O)(c3ccccc3OC)C2)cc1. The van der Waals surface area contributed by atoms with Gasteiger partial charge in [0.1, 0.15) is 17.1 Å². The van der Waals surface area contributed by atoms with E-state index in [-0.39, 0.29) is 0 Å². The third-order valence-electron chi connectivity index (χ3n) is 5.09. The van der Waals surface area contributed by atoms with Crippen LogP contribution in [0, 0.1) is 0 Å². The third-order valence-corrected chi connectivity index (χ3v) is 5.09. The van der Waals surface area contributed by atoms with Gasteiger partial charge in [-0.1, -0.05) is 30.3 Å². The molecule has 3 rings (SSSR count). The van der Waals surface area contributed by atoms with E-state index in [1.807, 2.05) is 48.5 Å². The number of ether oxygens (including phenoxy) is 2. The van der Waals surface area contributed by atoms with Crippen LogP contribution in [0.5, 0.6) is 11.5 Å². The Kier molecular flexibility index (Phi) is 5.81. The molecule has 5 heteroatoms. The second kappa shape index (κ2) is 8.08. The summed E-state index contributed by atoms with van der Waals surface area (Å²) in [6, 6.07) is 15.1. The summed E-state index contributed by atoms with van der Waals surface area (Å²) >= 11 is 0. The molecule has 2 N–H and O–H groups in total. The first-order chi connectivity index (χ1) is 12.6. The lowest BCUT2D eigenvalue weighted by Gasteiger charge is -2.40. The molecule has 2 aromatic carbocycles. The van der Waals surface area contributed by atoms with Crippen molar-refractivity contribution < 1.29 is 19.7 Å². The van der Waals surface area contributed by atoms with E-state index in [2.05, 4.69) is 4.90 Å². The molecule has 0 amide bonds. The van der Waals surface area contributed by atoms with Gasteiger partial charge in [0, 0.05) is 18.7 Å². The van der Waals surface area contributed by atoms with E-state index in [1.54, 1.807) is 14.2 Å². The van der Waals surface area contributed by atoms with E-state index < -0.39 is 11.7 Å². The number of nitrogens with zero attached hydrogens (tertiary/aromatic N) is 1. The summed E-state index contributed by atoms with van der Waals surface area (Å²) in [6.07, 6.45) is 0.938. The molecule has 2 aromatic rings. The highest BCUT2D eigenvalue weighted by molar-refractivity contribution is 5.38. The topological polar surface area (TPSA) is 62.2 Å². The number of para-hydroxylation sites is 1. The minimum absolute atomic E-state index is 0.473. The van der Waals surface area contributed by atoms with Crippen LogP contribution < -0.4 is 9.47 Å². The van der Waals surface area contributed by atoms with Crippen LogP contribution in [-0.4, -0.2) is 49.0 Å². The Morgan fingerprint density at radius 3 is 2.50 bits per heavy atom. The zero-order valence-corrected chi connectivity index (χ0v) is 15.4. The van der Waals surface area contributed by atoms with Crippen molar-refractivity contribution in [2.45, 2.75) is 24.5 Å². The molecule has 1 aliphatic rings. The first-order valence-corrected chi connectivity index (χ1v) is 8.96. The molecule has 1 aliphatic heterocycles. The molecule has 1 saturated heterocycles. The van der Waals surface area contributed by atoms with Crippen molar-refractivity contribution in [2.24, 2.45) is 0 Å². The first-order valence-electron chi connectivity index (χ1n) is 8.96. The van der Waals surface area contributed by atoms with Crippen LogP contribution in [0.4, 0.5) is 0 Å². The van der Waals surface area contributed by atoms with Gasteiger partial charge in [-0.05, 0) is 43.1 Å². The number of rotatable bonds is 6. The van der Waals surface area contributed by atoms with Crippen molar-refractivity contribution in [1.29, 1.82) is 0 Å². The molecule has 0 aliphatic carbocycles. The van der Waals surface area contributed by atoms with E-state index in [0.717, 1.165) is 29.8 Å². The first kappa shape index (κ1) is 18.7. The lowest BCUT2D eigenvalue weighted by Crippen LogP contribution is -2.47. The second-order valence-corrected chi connectivity index (χ2v) is 6.86. The zero-order chi connectivity index (χ0) is 18.6. The third kappa shape index (κ3) is 4.01. The van der Waals surface area contributed by atoms with E-state index in [1.165, 1.54) is 0 Å². The molecule has 26 heavy (non-hydrogen) atoms. The number of aliphatic hydroxyl groups excluding tert-OH is 1. The van der Waals surface area contributed by atoms with E-state index in [0.29, 0.717) is 25.3 Å². The van der Waals surface area contributed by atoms with E-state index in [4.69, 9.17) is 9.47 Å². The molecular weight excluding hydrogens is 330 g/mol. The van der Waals surface area contributed by atoms with Gasteiger partial charge in [0.05, 0.1) is 20.3 Å². The van der Waals surface area contributed by atoms with Crippen molar-refractivity contribution in [2.75, 3.05) is 33.9 Å². The van der Waals surface area contributed by atoms with E-state index in [9.17, 15) is 10.2 Å². The predicted molar refractivity (Wildman–Crippen MR) is 101 cm³/mol. The molecule has 0 saturated carbocycles. The predicted octanol–water partition coefficient (Wildman–Crippen LogP) is 2.72. The minimum atomic E-state index is -0.968. The summed E-state index contributed by atoms with van der Waals surface area (Å²) in [4.78, 5) is 2.12. The van der Waals surface area contributed by atoms with Crippen LogP contribution in [0.15, 0.2) is 48.5 Å². The smallest absolute Gasteiger partial charge is 0.124 e. The van der Waals surface area contributed by atoms with Gasteiger partial charge in [-0.3, -0.25) is 4.90 Å². The molecule has 0 bridgehead atoms. The largest absolute Gasteiger partial charge is 0.497 e. The monoisotopic (exact) mass is 357 g/mol. The van der Waals surface area contributed by atoms with Crippen LogP contribution in [0.3, 0.4) is 0 Å². The standard InChI is InChI=1S/C21H27NO4/c1-25-17-10-8-16(9-11-17)19(23)14-22-13-5-12-21(24,15-22)18-6-3-4-7-20(18)26-2/h3-4,6-11,19,23-24H,5,12-15H2,1-2H3/t19-,21+/m0/s1. The van der Waals surface area contributed by atoms with Gasteiger partial charge >= 0.3 is 0 Å². The summed E-state index contributed by atoms with van der Waals surface area (Å²) in [5.41, 5.74) is 0.688. The molecule has 0 unspecified atom stereocenters. The Hall–Kier alpha value is -2.08. The van der Waals surface area contributed by atoms with Gasteiger partial charge in [0.15, 0.2) is 0 Å². The summed E-state index contributed by atoms with van der Waals surface area (Å²) in [7, 11) is 3.24. The summed E-state index contributed by atoms with van der Waals surface area (Å²) in [6.45, 7) is 1.80. The maximum atomic E-state index is 11.3. The Morgan fingerprint density at radius 2 is 1.81 bits per heavy atom. The van der Waals surface area contributed by atoms with Gasteiger partial charge in [0.25, 0.3) is 0 Å². The molecule has 0 radical (unpaired) electrons. The summed E-state index contributed by atoms with van der Waals surface area (Å²) in [5.74, 6) is 1.47. The quantitative estimate of drug-likeness (QED) is 0.832. The van der Waals surface area contributed by atoms with Gasteiger partial charge in [0.2, 0.25) is 0 Å². The minimum Gasteiger partial charge on any atom is -0.497 e. The molecule has 1 fully saturated rings. The molecule has 0 spiro atoms. The molecule has 1 heterocycles. The number of β-amino-alcohol motifs (C(OH)–C–C–N with tert-alkyl or cyclic N) is 2. The molecule has 140 valence electrons. The zero-order valence-electron chi connectivity index (χ0n) is 15.4. The van der Waals surface area contributed by atoms with Gasteiger partial charge in [-0.25, -0.2) is 0 Å². The van der Waals surface area contributed by atoms with Gasteiger partial charge in [-0.15, -0.1) is 0 Å². The highest BCUT2D eigenvalue weighted by Gasteiger charge is 2.37. The molecule has 0 aromatic heterocycles. The van der Waals surface area contributed by atoms with Crippen molar-refractivity contribution >= 4 is 0 Å². The Morgan fingerprint density at radius 1 is 1.08 bits per heavy atom. The fourth-order valence-corrected chi connectivity index (χ4v) is 3.70. The van der Waals surface area contributed by atoms with Crippen molar-refractivity contribution in [3.63, 3.8) is 0 Å². The number of benzene rings is 2. The van der Waals surface area contributed by atoms with Gasteiger partial charge in [-0.2, -0.15) is 0 Å². The summed E-state index contributed by atoms with van der Waals surface area (Å²) in [5, 5.41) is 21.8. The van der Waals surface area contributed by atoms with Crippen molar-refractivity contribution in [3.8, 4) is 11.5 Å². The van der Waals surface area contributed by atoms with Crippen LogP contribution in [-0.2, 0) is 5.60 Å². The Balaban J connectivity index is 1.71. The van der Waals surface area contributed by atoms with Crippen LogP contribution in [0.25, 0.3) is 0 Å². The Labute approximate surface area is 154 Å². The van der Waals surface area contributed by atoms with E-state index >= 15 is 0 Å². The average molecular weight is 357 g/mol. The average Bonchev–Trinajstić information content (AvgIpc) is 2.68.